The molecule has 0 saturated carbocycles. The van der Waals surface area contributed by atoms with Crippen molar-refractivity contribution in [3.8, 4) is 0 Å². The zero-order valence-electron chi connectivity index (χ0n) is 8.20. The maximum atomic E-state index is 5.37. The van der Waals surface area contributed by atoms with E-state index in [0.29, 0.717) is 6.67 Å². The van der Waals surface area contributed by atoms with Gasteiger partial charge in [-0.05, 0) is 12.0 Å². The molecular weight excluding hydrogens is 169 g/mol. The normalized spacial score (nSPS) is 12.6. The fourth-order valence-electron chi connectivity index (χ4n) is 1.68. The first-order chi connectivity index (χ1) is 6.86. The van der Waals surface area contributed by atoms with Gasteiger partial charge in [-0.25, -0.2) is 0 Å². The van der Waals surface area contributed by atoms with Gasteiger partial charge in [0.15, 0.2) is 0 Å². The summed E-state index contributed by atoms with van der Waals surface area (Å²) in [5.74, 6) is 0. The van der Waals surface area contributed by atoms with Gasteiger partial charge in [0.25, 0.3) is 0 Å². The summed E-state index contributed by atoms with van der Waals surface area (Å²) < 4.78 is 0. The summed E-state index contributed by atoms with van der Waals surface area (Å²) in [6, 6.07) is 4.14. The number of rotatable bonds is 3. The lowest BCUT2D eigenvalue weighted by Gasteiger charge is -2.00. The summed E-state index contributed by atoms with van der Waals surface area (Å²) in [4.78, 5) is 8.72. The second-order valence-corrected chi connectivity index (χ2v) is 3.18. The Morgan fingerprint density at radius 1 is 1.36 bits per heavy atom. The molecule has 0 fully saturated rings. The Kier molecular flexibility index (Phi) is 2.75. The minimum atomic E-state index is 0.553. The Balaban J connectivity index is 2.61. The van der Waals surface area contributed by atoms with Crippen LogP contribution < -0.4 is 16.2 Å². The molecule has 4 radical (unpaired) electrons. The summed E-state index contributed by atoms with van der Waals surface area (Å²) in [6.45, 7) is 2.68. The van der Waals surface area contributed by atoms with Gasteiger partial charge in [-0.1, -0.05) is 24.5 Å². The van der Waals surface area contributed by atoms with E-state index in [-0.39, 0.29) is 0 Å². The smallest absolute Gasteiger partial charge is 0.130 e. The van der Waals surface area contributed by atoms with Crippen molar-refractivity contribution in [3.05, 3.63) is 28.4 Å². The monoisotopic (exact) mass is 178 g/mol. The van der Waals surface area contributed by atoms with Crippen LogP contribution in [0, 0.1) is 0 Å². The van der Waals surface area contributed by atoms with Crippen molar-refractivity contribution in [2.45, 2.75) is 13.3 Å². The van der Waals surface area contributed by atoms with Crippen LogP contribution in [-0.2, 0) is 6.42 Å². The van der Waals surface area contributed by atoms with Gasteiger partial charge in [0.2, 0.25) is 0 Å². The average molecular weight is 178 g/mol. The highest BCUT2D eigenvalue weighted by Gasteiger charge is 2.06. The molecule has 1 aliphatic heterocycles. The Labute approximate surface area is 86.4 Å². The molecule has 1 aliphatic rings. The molecule has 1 heterocycles. The van der Waals surface area contributed by atoms with Gasteiger partial charge in [0.05, 0.1) is 17.9 Å². The number of hydrogen-bond acceptors (Lipinski definition) is 2. The van der Waals surface area contributed by atoms with Crippen LogP contribution in [0.1, 0.15) is 12.5 Å². The first-order valence-electron chi connectivity index (χ1n) is 4.76. The van der Waals surface area contributed by atoms with Crippen molar-refractivity contribution in [2.24, 2.45) is 9.98 Å². The molecule has 2 nitrogen and oxygen atoms in total. The van der Waals surface area contributed by atoms with E-state index in [4.69, 9.17) is 7.74 Å². The van der Waals surface area contributed by atoms with Gasteiger partial charge >= 0.3 is 0 Å². The number of fused-ring (bicyclic) bond motifs is 1. The van der Waals surface area contributed by atoms with Gasteiger partial charge in [-0.3, -0.25) is 9.98 Å². The van der Waals surface area contributed by atoms with Crippen LogP contribution in [0.15, 0.2) is 22.1 Å². The summed E-state index contributed by atoms with van der Waals surface area (Å²) in [5, 5.41) is 2.04. The molecule has 0 amide bonds. The lowest BCUT2D eigenvalue weighted by molar-refractivity contribution is 1.04. The van der Waals surface area contributed by atoms with Crippen molar-refractivity contribution < 1.29 is 0 Å². The Bertz CT molecular complexity index is 456. The van der Waals surface area contributed by atoms with E-state index < -0.39 is 0 Å². The van der Waals surface area contributed by atoms with E-state index in [9.17, 15) is 0 Å². The maximum absolute atomic E-state index is 5.37. The summed E-state index contributed by atoms with van der Waals surface area (Å²) >= 11 is 0. The fraction of sp³-hybridized carbons (Fsp3) is 0.333. The van der Waals surface area contributed by atoms with Crippen LogP contribution in [0.4, 0.5) is 0 Å². The molecule has 0 saturated heterocycles. The van der Waals surface area contributed by atoms with Crippen LogP contribution in [-0.4, -0.2) is 28.6 Å². The molecule has 0 aromatic heterocycles. The molecule has 2 rings (SSSR count). The van der Waals surface area contributed by atoms with Gasteiger partial charge in [0.1, 0.15) is 6.67 Å². The molecule has 64 valence electrons. The maximum Gasteiger partial charge on any atom is 0.130 e. The summed E-state index contributed by atoms with van der Waals surface area (Å²) in [7, 11) is 8.77. The third-order valence-corrected chi connectivity index (χ3v) is 2.38. The minimum absolute atomic E-state index is 0.553. The standard InChI is InChI=1S/C9H9B3N2/c1-2-6-3-4-7(11-12-10)9-8(6)13-5-14-9/h3-4H,2,5H2,1H3. The topological polar surface area (TPSA) is 24.7 Å². The van der Waals surface area contributed by atoms with Crippen molar-refractivity contribution in [1.29, 1.82) is 0 Å². The molecule has 14 heavy (non-hydrogen) atoms. The molecule has 0 spiro atoms. The van der Waals surface area contributed by atoms with E-state index in [1.165, 1.54) is 12.6 Å². The molecule has 0 unspecified atom stereocenters. The number of hydrogen-bond donors (Lipinski definition) is 0. The van der Waals surface area contributed by atoms with Gasteiger partial charge in [-0.15, -0.1) is 0 Å². The third kappa shape index (κ3) is 1.51. The van der Waals surface area contributed by atoms with Gasteiger partial charge in [0, 0.05) is 14.8 Å². The molecule has 0 aliphatic carbocycles. The lowest BCUT2D eigenvalue weighted by atomic mass is 9.26. The van der Waals surface area contributed by atoms with Crippen molar-refractivity contribution in [1.82, 2.24) is 0 Å². The molecule has 1 aromatic carbocycles. The molecule has 0 bridgehead atoms. The van der Waals surface area contributed by atoms with Crippen LogP contribution in [0.3, 0.4) is 0 Å². The van der Waals surface area contributed by atoms with Crippen molar-refractivity contribution in [2.75, 3.05) is 6.67 Å². The Morgan fingerprint density at radius 2 is 2.14 bits per heavy atom. The van der Waals surface area contributed by atoms with Crippen molar-refractivity contribution >= 4 is 27.4 Å². The zero-order valence-corrected chi connectivity index (χ0v) is 8.20. The highest BCUT2D eigenvalue weighted by Crippen LogP contribution is 1.90. The average Bonchev–Trinajstić information content (AvgIpc) is 2.67. The van der Waals surface area contributed by atoms with Crippen molar-refractivity contribution in [3.63, 3.8) is 0 Å². The fourth-order valence-corrected chi connectivity index (χ4v) is 1.68. The van der Waals surface area contributed by atoms with Gasteiger partial charge in [-0.2, -0.15) is 0 Å². The van der Waals surface area contributed by atoms with E-state index in [1.54, 1.807) is 0 Å². The van der Waals surface area contributed by atoms with Crippen LogP contribution in [0.5, 0.6) is 0 Å². The Hall–Kier alpha value is -0.985. The predicted molar refractivity (Wildman–Crippen MR) is 59.9 cm³/mol. The third-order valence-electron chi connectivity index (χ3n) is 2.38. The van der Waals surface area contributed by atoms with Crippen LogP contribution >= 0.6 is 0 Å². The summed E-state index contributed by atoms with van der Waals surface area (Å²) in [5.41, 5.74) is 2.32. The second kappa shape index (κ2) is 4.03. The molecule has 0 atom stereocenters. The molecule has 0 N–H and O–H groups in total. The Morgan fingerprint density at radius 3 is 2.86 bits per heavy atom. The molecule has 5 heteroatoms. The van der Waals surface area contributed by atoms with Crippen LogP contribution in [0.25, 0.3) is 0 Å². The van der Waals surface area contributed by atoms with Crippen LogP contribution in [0.2, 0.25) is 0 Å². The zero-order chi connectivity index (χ0) is 9.97. The summed E-state index contributed by atoms with van der Waals surface area (Å²) in [6.07, 6.45) is 0.994. The van der Waals surface area contributed by atoms with E-state index in [0.717, 1.165) is 22.6 Å². The molecular formula is C9H9B3N2. The molecule has 1 aromatic rings. The quantitative estimate of drug-likeness (QED) is 0.502. The van der Waals surface area contributed by atoms with E-state index in [1.807, 2.05) is 13.2 Å². The van der Waals surface area contributed by atoms with Gasteiger partial charge < -0.3 is 0 Å². The predicted octanol–water partition coefficient (Wildman–Crippen LogP) is -1.51. The first-order valence-corrected chi connectivity index (χ1v) is 4.76. The highest BCUT2D eigenvalue weighted by atomic mass is 15.0. The number of benzene rings is 1. The van der Waals surface area contributed by atoms with E-state index in [2.05, 4.69) is 23.0 Å². The number of aryl methyl sites for hydroxylation is 1. The highest BCUT2D eigenvalue weighted by molar-refractivity contribution is 7.27. The second-order valence-electron chi connectivity index (χ2n) is 3.18. The number of nitrogens with zero attached hydrogens (tertiary/aromatic N) is 2. The van der Waals surface area contributed by atoms with E-state index >= 15 is 0 Å². The lowest BCUT2D eigenvalue weighted by Crippen LogP contribution is -2.44. The minimum Gasteiger partial charge on any atom is -0.260 e. The largest absolute Gasteiger partial charge is 0.260 e. The first kappa shape index (κ1) is 9.57. The SMILES string of the molecule is [B][B][B]c1ccc(CC)c2c1=NCN=2.